The standard InChI is InChI=1S/C17H19N5OS/c1-11-7-12(2)22-15(20-21-17(22)19-11)9-18-16(23)14-6-4-5-13(8-14)10-24-3/h4-8H,9-10H2,1-3H3,(H,18,23). The Kier molecular flexibility index (Phi) is 4.80. The number of amides is 1. The molecule has 0 bridgehead atoms. The molecule has 0 atom stereocenters. The van der Waals surface area contributed by atoms with E-state index in [4.69, 9.17) is 0 Å². The fourth-order valence-corrected chi connectivity index (χ4v) is 3.16. The van der Waals surface area contributed by atoms with Crippen LogP contribution in [0.1, 0.15) is 33.1 Å². The molecule has 24 heavy (non-hydrogen) atoms. The predicted molar refractivity (Wildman–Crippen MR) is 95.1 cm³/mol. The molecule has 0 unspecified atom stereocenters. The average molecular weight is 341 g/mol. The Balaban J connectivity index is 1.76. The zero-order valence-corrected chi connectivity index (χ0v) is 14.7. The van der Waals surface area contributed by atoms with Crippen molar-refractivity contribution >= 4 is 23.4 Å². The molecule has 124 valence electrons. The van der Waals surface area contributed by atoms with Gasteiger partial charge in [-0.15, -0.1) is 10.2 Å². The number of hydrogen-bond donors (Lipinski definition) is 1. The molecule has 0 aliphatic carbocycles. The van der Waals surface area contributed by atoms with E-state index in [1.54, 1.807) is 11.8 Å². The first kappa shape index (κ1) is 16.4. The summed E-state index contributed by atoms with van der Waals surface area (Å²) in [7, 11) is 0. The van der Waals surface area contributed by atoms with Crippen LogP contribution in [-0.4, -0.2) is 31.7 Å². The highest BCUT2D eigenvalue weighted by molar-refractivity contribution is 7.97. The van der Waals surface area contributed by atoms with E-state index in [0.717, 1.165) is 22.7 Å². The molecule has 0 saturated carbocycles. The number of benzene rings is 1. The molecule has 2 aromatic heterocycles. The summed E-state index contributed by atoms with van der Waals surface area (Å²) < 4.78 is 1.86. The van der Waals surface area contributed by atoms with Crippen LogP contribution in [0.15, 0.2) is 30.3 Å². The summed E-state index contributed by atoms with van der Waals surface area (Å²) in [6.45, 7) is 4.20. The van der Waals surface area contributed by atoms with Gasteiger partial charge < -0.3 is 5.32 Å². The second-order valence-electron chi connectivity index (χ2n) is 5.61. The van der Waals surface area contributed by atoms with Gasteiger partial charge in [0.2, 0.25) is 0 Å². The summed E-state index contributed by atoms with van der Waals surface area (Å²) >= 11 is 1.73. The summed E-state index contributed by atoms with van der Waals surface area (Å²) in [5, 5.41) is 11.1. The third-order valence-electron chi connectivity index (χ3n) is 3.67. The molecule has 0 aliphatic rings. The topological polar surface area (TPSA) is 72.2 Å². The Labute approximate surface area is 144 Å². The predicted octanol–water partition coefficient (Wildman–Crippen LogP) is 2.53. The Morgan fingerprint density at radius 2 is 2.08 bits per heavy atom. The lowest BCUT2D eigenvalue weighted by atomic mass is 10.1. The zero-order chi connectivity index (χ0) is 17.1. The van der Waals surface area contributed by atoms with Crippen LogP contribution in [0.5, 0.6) is 0 Å². The van der Waals surface area contributed by atoms with Crippen molar-refractivity contribution in [1.29, 1.82) is 0 Å². The van der Waals surface area contributed by atoms with E-state index >= 15 is 0 Å². The number of nitrogens with one attached hydrogen (secondary N) is 1. The van der Waals surface area contributed by atoms with Gasteiger partial charge in [0.05, 0.1) is 6.54 Å². The summed E-state index contributed by atoms with van der Waals surface area (Å²) in [5.74, 6) is 2.00. The van der Waals surface area contributed by atoms with Gasteiger partial charge in [0.1, 0.15) is 0 Å². The highest BCUT2D eigenvalue weighted by atomic mass is 32.2. The molecule has 0 spiro atoms. The number of hydrogen-bond acceptors (Lipinski definition) is 5. The van der Waals surface area contributed by atoms with Crippen LogP contribution in [0.3, 0.4) is 0 Å². The lowest BCUT2D eigenvalue weighted by Crippen LogP contribution is -2.24. The first-order chi connectivity index (χ1) is 11.6. The molecule has 1 amide bonds. The quantitative estimate of drug-likeness (QED) is 0.772. The molecule has 0 aliphatic heterocycles. The van der Waals surface area contributed by atoms with Gasteiger partial charge in [-0.25, -0.2) is 4.98 Å². The van der Waals surface area contributed by atoms with E-state index < -0.39 is 0 Å². The average Bonchev–Trinajstić information content (AvgIpc) is 2.96. The Morgan fingerprint density at radius 1 is 1.25 bits per heavy atom. The Morgan fingerprint density at radius 3 is 2.88 bits per heavy atom. The van der Waals surface area contributed by atoms with Crippen molar-refractivity contribution < 1.29 is 4.79 Å². The van der Waals surface area contributed by atoms with Crippen LogP contribution < -0.4 is 5.32 Å². The summed E-state index contributed by atoms with van der Waals surface area (Å²) in [5.41, 5.74) is 3.68. The van der Waals surface area contributed by atoms with Crippen LogP contribution in [0.2, 0.25) is 0 Å². The van der Waals surface area contributed by atoms with E-state index in [1.807, 2.05) is 54.8 Å². The molecule has 7 heteroatoms. The van der Waals surface area contributed by atoms with Crippen molar-refractivity contribution in [1.82, 2.24) is 24.9 Å². The Bertz CT molecular complexity index is 890. The maximum atomic E-state index is 12.4. The molecule has 0 saturated heterocycles. The second-order valence-corrected chi connectivity index (χ2v) is 6.47. The van der Waals surface area contributed by atoms with Gasteiger partial charge in [-0.05, 0) is 43.9 Å². The lowest BCUT2D eigenvalue weighted by Gasteiger charge is -2.07. The number of carbonyl (C=O) groups excluding carboxylic acids is 1. The normalized spacial score (nSPS) is 11.0. The molecule has 6 nitrogen and oxygen atoms in total. The van der Waals surface area contributed by atoms with Crippen LogP contribution in [0.4, 0.5) is 0 Å². The minimum absolute atomic E-state index is 0.118. The summed E-state index contributed by atoms with van der Waals surface area (Å²) in [4.78, 5) is 16.7. The third-order valence-corrected chi connectivity index (χ3v) is 4.29. The van der Waals surface area contributed by atoms with Gasteiger partial charge in [-0.1, -0.05) is 12.1 Å². The SMILES string of the molecule is CSCc1cccc(C(=O)NCc2nnc3nc(C)cc(C)n23)c1. The summed E-state index contributed by atoms with van der Waals surface area (Å²) in [6.07, 6.45) is 2.04. The number of carbonyl (C=O) groups is 1. The van der Waals surface area contributed by atoms with Crippen molar-refractivity contribution in [2.45, 2.75) is 26.1 Å². The first-order valence-electron chi connectivity index (χ1n) is 7.63. The molecule has 0 radical (unpaired) electrons. The highest BCUT2D eigenvalue weighted by Crippen LogP contribution is 2.12. The number of nitrogens with zero attached hydrogens (tertiary/aromatic N) is 4. The second kappa shape index (κ2) is 7.00. The molecule has 3 aromatic rings. The van der Waals surface area contributed by atoms with Crippen molar-refractivity contribution in [2.24, 2.45) is 0 Å². The van der Waals surface area contributed by atoms with E-state index in [1.165, 1.54) is 0 Å². The monoisotopic (exact) mass is 341 g/mol. The molecule has 1 aromatic carbocycles. The van der Waals surface area contributed by atoms with Crippen LogP contribution in [0, 0.1) is 13.8 Å². The van der Waals surface area contributed by atoms with Gasteiger partial charge >= 0.3 is 0 Å². The lowest BCUT2D eigenvalue weighted by molar-refractivity contribution is 0.0949. The van der Waals surface area contributed by atoms with Gasteiger partial charge in [0.25, 0.3) is 11.7 Å². The largest absolute Gasteiger partial charge is 0.345 e. The van der Waals surface area contributed by atoms with Gasteiger partial charge in [0, 0.05) is 22.7 Å². The highest BCUT2D eigenvalue weighted by Gasteiger charge is 2.12. The van der Waals surface area contributed by atoms with Gasteiger partial charge in [-0.2, -0.15) is 11.8 Å². The molecule has 3 rings (SSSR count). The van der Waals surface area contributed by atoms with E-state index in [2.05, 4.69) is 20.5 Å². The molecule has 1 N–H and O–H groups in total. The number of fused-ring (bicyclic) bond motifs is 1. The maximum Gasteiger partial charge on any atom is 0.255 e. The van der Waals surface area contributed by atoms with E-state index in [0.29, 0.717) is 23.7 Å². The van der Waals surface area contributed by atoms with Crippen LogP contribution in [-0.2, 0) is 12.3 Å². The number of aromatic nitrogens is 4. The van der Waals surface area contributed by atoms with Crippen molar-refractivity contribution in [3.8, 4) is 0 Å². The summed E-state index contributed by atoms with van der Waals surface area (Å²) in [6, 6.07) is 9.63. The number of rotatable bonds is 5. The fraction of sp³-hybridized carbons (Fsp3) is 0.294. The third kappa shape index (κ3) is 3.41. The smallest absolute Gasteiger partial charge is 0.255 e. The van der Waals surface area contributed by atoms with Gasteiger partial charge in [0.15, 0.2) is 5.82 Å². The van der Waals surface area contributed by atoms with Crippen molar-refractivity contribution in [3.05, 3.63) is 58.7 Å². The molecule has 2 heterocycles. The van der Waals surface area contributed by atoms with Crippen molar-refractivity contribution in [2.75, 3.05) is 6.26 Å². The van der Waals surface area contributed by atoms with Gasteiger partial charge in [-0.3, -0.25) is 9.20 Å². The zero-order valence-electron chi connectivity index (χ0n) is 13.9. The first-order valence-corrected chi connectivity index (χ1v) is 9.02. The molecular formula is C17H19N5OS. The minimum Gasteiger partial charge on any atom is -0.345 e. The van der Waals surface area contributed by atoms with Crippen LogP contribution in [0.25, 0.3) is 5.78 Å². The molecule has 0 fully saturated rings. The molecular weight excluding hydrogens is 322 g/mol. The van der Waals surface area contributed by atoms with Crippen molar-refractivity contribution in [3.63, 3.8) is 0 Å². The fourth-order valence-electron chi connectivity index (χ4n) is 2.64. The van der Waals surface area contributed by atoms with Crippen LogP contribution >= 0.6 is 11.8 Å². The minimum atomic E-state index is -0.118. The van der Waals surface area contributed by atoms with E-state index in [9.17, 15) is 4.79 Å². The van der Waals surface area contributed by atoms with E-state index in [-0.39, 0.29) is 5.91 Å². The maximum absolute atomic E-state index is 12.4. The Hall–Kier alpha value is -2.41. The number of thioether (sulfide) groups is 1. The number of aryl methyl sites for hydroxylation is 2.